The summed E-state index contributed by atoms with van der Waals surface area (Å²) in [6, 6.07) is 22.1. The summed E-state index contributed by atoms with van der Waals surface area (Å²) in [5, 5.41) is 3.51. The van der Waals surface area contributed by atoms with Crippen LogP contribution in [0.25, 0.3) is 0 Å². The summed E-state index contributed by atoms with van der Waals surface area (Å²) >= 11 is 0. The van der Waals surface area contributed by atoms with Gasteiger partial charge in [-0.15, -0.1) is 0 Å². The van der Waals surface area contributed by atoms with Gasteiger partial charge in [-0.2, -0.15) is 0 Å². The van der Waals surface area contributed by atoms with Crippen molar-refractivity contribution < 1.29 is 4.74 Å². The molecule has 3 aromatic rings. The lowest BCUT2D eigenvalue weighted by Gasteiger charge is -2.14. The number of hydrogen-bond donors (Lipinski definition) is 1. The van der Waals surface area contributed by atoms with Crippen LogP contribution in [0, 0.1) is 0 Å². The summed E-state index contributed by atoms with van der Waals surface area (Å²) in [5.41, 5.74) is 3.62. The van der Waals surface area contributed by atoms with Gasteiger partial charge in [-0.05, 0) is 60.6 Å². The van der Waals surface area contributed by atoms with Crippen molar-refractivity contribution in [1.29, 1.82) is 0 Å². The van der Waals surface area contributed by atoms with Gasteiger partial charge in [0.2, 0.25) is 0 Å². The molecule has 0 saturated heterocycles. The first-order valence-corrected chi connectivity index (χ1v) is 10.5. The fraction of sp³-hybridized carbons (Fsp3) is 0.320. The molecule has 0 aliphatic heterocycles. The predicted molar refractivity (Wildman–Crippen MR) is 116 cm³/mol. The summed E-state index contributed by atoms with van der Waals surface area (Å²) < 4.78 is 7.82. The number of nitrogens with zero attached hydrogens (tertiary/aromatic N) is 1. The first kappa shape index (κ1) is 19.5. The van der Waals surface area contributed by atoms with E-state index < -0.39 is 0 Å². The average molecular weight is 389 g/mol. The second-order valence-corrected chi connectivity index (χ2v) is 7.76. The monoisotopic (exact) mass is 388 g/mol. The van der Waals surface area contributed by atoms with Gasteiger partial charge in [-0.3, -0.25) is 4.79 Å². The number of aromatic nitrogens is 1. The van der Waals surface area contributed by atoms with Gasteiger partial charge in [-0.1, -0.05) is 42.5 Å². The van der Waals surface area contributed by atoms with Gasteiger partial charge >= 0.3 is 0 Å². The van der Waals surface area contributed by atoms with E-state index in [1.54, 1.807) is 16.7 Å². The summed E-state index contributed by atoms with van der Waals surface area (Å²) in [6.45, 7) is 2.21. The molecule has 0 amide bonds. The van der Waals surface area contributed by atoms with Crippen molar-refractivity contribution in [2.24, 2.45) is 0 Å². The van der Waals surface area contributed by atoms with Crippen LogP contribution < -0.4 is 15.6 Å². The first-order chi connectivity index (χ1) is 14.3. The molecule has 1 fully saturated rings. The topological polar surface area (TPSA) is 43.3 Å². The highest BCUT2D eigenvalue weighted by Crippen LogP contribution is 2.24. The minimum absolute atomic E-state index is 0.0254. The van der Waals surface area contributed by atoms with Crippen LogP contribution in [0.15, 0.2) is 77.7 Å². The minimum atomic E-state index is 0.0254. The Labute approximate surface area is 172 Å². The Bertz CT molecular complexity index is 972. The van der Waals surface area contributed by atoms with E-state index in [0.717, 1.165) is 24.4 Å². The zero-order valence-electron chi connectivity index (χ0n) is 16.7. The van der Waals surface area contributed by atoms with Crippen LogP contribution in [0.2, 0.25) is 0 Å². The molecular weight excluding hydrogens is 360 g/mol. The average Bonchev–Trinajstić information content (AvgIpc) is 3.24. The molecule has 1 aromatic heterocycles. The summed E-state index contributed by atoms with van der Waals surface area (Å²) in [5.74, 6) is 0.983. The molecular formula is C25H28N2O2. The van der Waals surface area contributed by atoms with Gasteiger partial charge in [0, 0.05) is 25.4 Å². The molecule has 4 nitrogen and oxygen atoms in total. The maximum Gasteiger partial charge on any atom is 0.250 e. The van der Waals surface area contributed by atoms with E-state index in [1.807, 2.05) is 12.3 Å². The highest BCUT2D eigenvalue weighted by Gasteiger charge is 2.16. The minimum Gasteiger partial charge on any atom is -0.490 e. The fourth-order valence-electron chi connectivity index (χ4n) is 3.83. The lowest BCUT2D eigenvalue weighted by molar-refractivity contribution is 0.210. The first-order valence-electron chi connectivity index (χ1n) is 10.5. The fourth-order valence-corrected chi connectivity index (χ4v) is 3.83. The van der Waals surface area contributed by atoms with Crippen molar-refractivity contribution >= 4 is 0 Å². The number of ether oxygens (including phenoxy) is 1. The van der Waals surface area contributed by atoms with E-state index >= 15 is 0 Å². The maximum atomic E-state index is 11.8. The highest BCUT2D eigenvalue weighted by atomic mass is 16.5. The Hall–Kier alpha value is -2.85. The van der Waals surface area contributed by atoms with E-state index in [1.165, 1.54) is 36.8 Å². The van der Waals surface area contributed by atoms with Crippen molar-refractivity contribution in [2.75, 3.05) is 0 Å². The van der Waals surface area contributed by atoms with Gasteiger partial charge in [0.25, 0.3) is 5.56 Å². The molecule has 1 heterocycles. The van der Waals surface area contributed by atoms with E-state index in [4.69, 9.17) is 4.74 Å². The van der Waals surface area contributed by atoms with E-state index in [9.17, 15) is 4.79 Å². The summed E-state index contributed by atoms with van der Waals surface area (Å²) in [4.78, 5) is 11.8. The molecule has 150 valence electrons. The van der Waals surface area contributed by atoms with Gasteiger partial charge in [-0.25, -0.2) is 0 Å². The standard InChI is InChI=1S/C25H28N2O2/c28-25-10-3-4-15-27(25)19-21-13-11-20(12-14-21)17-26-18-22-6-5-9-24(16-22)29-23-7-1-2-8-23/h3-6,9-16,23,26H,1-2,7-8,17-19H2. The Kier molecular flexibility index (Phi) is 6.42. The molecule has 0 radical (unpaired) electrons. The molecule has 4 rings (SSSR count). The van der Waals surface area contributed by atoms with Gasteiger partial charge in [0.05, 0.1) is 12.6 Å². The SMILES string of the molecule is O=c1ccccn1Cc1ccc(CNCc2cccc(OC3CCCC3)c2)cc1. The van der Waals surface area contributed by atoms with E-state index in [2.05, 4.69) is 53.8 Å². The number of pyridine rings is 1. The van der Waals surface area contributed by atoms with Crippen molar-refractivity contribution in [1.82, 2.24) is 9.88 Å². The van der Waals surface area contributed by atoms with Crippen molar-refractivity contribution in [3.63, 3.8) is 0 Å². The normalized spacial score (nSPS) is 14.2. The van der Waals surface area contributed by atoms with E-state index in [0.29, 0.717) is 12.6 Å². The molecule has 0 bridgehead atoms. The molecule has 1 saturated carbocycles. The van der Waals surface area contributed by atoms with Crippen LogP contribution in [0.1, 0.15) is 42.4 Å². The molecule has 0 unspecified atom stereocenters. The lowest BCUT2D eigenvalue weighted by atomic mass is 10.1. The van der Waals surface area contributed by atoms with Crippen molar-refractivity contribution in [3.05, 3.63) is 100.0 Å². The summed E-state index contributed by atoms with van der Waals surface area (Å²) in [6.07, 6.45) is 7.14. The zero-order valence-corrected chi connectivity index (χ0v) is 16.7. The molecule has 0 spiro atoms. The van der Waals surface area contributed by atoms with Crippen molar-refractivity contribution in [3.8, 4) is 5.75 Å². The van der Waals surface area contributed by atoms with Crippen LogP contribution in [-0.2, 0) is 19.6 Å². The molecule has 1 aliphatic carbocycles. The molecule has 4 heteroatoms. The van der Waals surface area contributed by atoms with Crippen LogP contribution in [0.4, 0.5) is 0 Å². The highest BCUT2D eigenvalue weighted by molar-refractivity contribution is 5.29. The number of hydrogen-bond acceptors (Lipinski definition) is 3. The predicted octanol–water partition coefficient (Wildman–Crippen LogP) is 4.51. The smallest absolute Gasteiger partial charge is 0.250 e. The van der Waals surface area contributed by atoms with Gasteiger partial charge in [0.15, 0.2) is 0 Å². The Morgan fingerprint density at radius 1 is 0.862 bits per heavy atom. The zero-order chi connectivity index (χ0) is 19.9. The molecule has 1 N–H and O–H groups in total. The van der Waals surface area contributed by atoms with Gasteiger partial charge in [0.1, 0.15) is 5.75 Å². The quantitative estimate of drug-likeness (QED) is 0.617. The third kappa shape index (κ3) is 5.58. The number of rotatable bonds is 8. The number of nitrogens with one attached hydrogen (secondary N) is 1. The van der Waals surface area contributed by atoms with Crippen LogP contribution in [0.3, 0.4) is 0 Å². The second-order valence-electron chi connectivity index (χ2n) is 7.76. The second kappa shape index (κ2) is 9.57. The largest absolute Gasteiger partial charge is 0.490 e. The van der Waals surface area contributed by atoms with Crippen LogP contribution >= 0.6 is 0 Å². The molecule has 2 aromatic carbocycles. The van der Waals surface area contributed by atoms with Crippen molar-refractivity contribution in [2.45, 2.75) is 51.4 Å². The number of benzene rings is 2. The van der Waals surface area contributed by atoms with Gasteiger partial charge < -0.3 is 14.6 Å². The Balaban J connectivity index is 1.27. The summed E-state index contributed by atoms with van der Waals surface area (Å²) in [7, 11) is 0. The molecule has 29 heavy (non-hydrogen) atoms. The lowest BCUT2D eigenvalue weighted by Crippen LogP contribution is -2.18. The molecule has 1 aliphatic rings. The molecule has 0 atom stereocenters. The Morgan fingerprint density at radius 3 is 2.41 bits per heavy atom. The third-order valence-corrected chi connectivity index (χ3v) is 5.44. The third-order valence-electron chi connectivity index (χ3n) is 5.44. The van der Waals surface area contributed by atoms with Crippen LogP contribution in [-0.4, -0.2) is 10.7 Å². The maximum absolute atomic E-state index is 11.8. The van der Waals surface area contributed by atoms with Crippen LogP contribution in [0.5, 0.6) is 5.75 Å². The van der Waals surface area contributed by atoms with E-state index in [-0.39, 0.29) is 5.56 Å². The Morgan fingerprint density at radius 2 is 1.62 bits per heavy atom.